The second-order valence-corrected chi connectivity index (χ2v) is 6.23. The molecule has 1 atom stereocenters. The van der Waals surface area contributed by atoms with Crippen LogP contribution in [0.3, 0.4) is 0 Å². The number of halogens is 1. The van der Waals surface area contributed by atoms with E-state index in [2.05, 4.69) is 9.88 Å². The van der Waals surface area contributed by atoms with E-state index in [1.165, 1.54) is 31.5 Å². The van der Waals surface area contributed by atoms with Crippen LogP contribution in [0, 0.1) is 5.82 Å². The maximum atomic E-state index is 13.6. The predicted octanol–water partition coefficient (Wildman–Crippen LogP) is 2.00. The molecule has 114 valence electrons. The van der Waals surface area contributed by atoms with Gasteiger partial charge >= 0.3 is 0 Å². The van der Waals surface area contributed by atoms with Gasteiger partial charge in [0, 0.05) is 12.1 Å². The first-order valence-corrected chi connectivity index (χ1v) is 7.79. The van der Waals surface area contributed by atoms with Crippen molar-refractivity contribution in [3.8, 4) is 5.75 Å². The number of aromatic nitrogens is 1. The van der Waals surface area contributed by atoms with Gasteiger partial charge in [-0.05, 0) is 24.6 Å². The van der Waals surface area contributed by atoms with Crippen LogP contribution >= 0.6 is 0 Å². The topological polar surface area (TPSA) is 81.4 Å². The minimum absolute atomic E-state index is 0.107. The predicted molar refractivity (Wildman–Crippen MR) is 73.6 cm³/mol. The molecule has 1 unspecified atom stereocenters. The summed E-state index contributed by atoms with van der Waals surface area (Å²) in [5.74, 6) is -0.530. The Kier molecular flexibility index (Phi) is 4.59. The summed E-state index contributed by atoms with van der Waals surface area (Å²) < 4.78 is 49.6. The van der Waals surface area contributed by atoms with Gasteiger partial charge in [0.05, 0.1) is 13.3 Å². The highest BCUT2D eigenvalue weighted by atomic mass is 32.2. The molecular formula is C13H15FN2O4S. The van der Waals surface area contributed by atoms with Crippen LogP contribution in [0.15, 0.2) is 35.0 Å². The van der Waals surface area contributed by atoms with E-state index in [0.717, 1.165) is 0 Å². The van der Waals surface area contributed by atoms with Gasteiger partial charge in [0.1, 0.15) is 5.75 Å². The van der Waals surface area contributed by atoms with Gasteiger partial charge in [0.2, 0.25) is 10.0 Å². The van der Waals surface area contributed by atoms with E-state index in [9.17, 15) is 12.8 Å². The van der Waals surface area contributed by atoms with Crippen molar-refractivity contribution in [2.24, 2.45) is 0 Å². The Morgan fingerprint density at radius 1 is 1.43 bits per heavy atom. The molecule has 0 bridgehead atoms. The fourth-order valence-electron chi connectivity index (χ4n) is 1.83. The second-order valence-electron chi connectivity index (χ2n) is 4.47. The summed E-state index contributed by atoms with van der Waals surface area (Å²) in [4.78, 5) is 0. The third-order valence-electron chi connectivity index (χ3n) is 2.86. The summed E-state index contributed by atoms with van der Waals surface area (Å²) in [6, 6.07) is 5.17. The molecule has 6 nitrogen and oxygen atoms in total. The summed E-state index contributed by atoms with van der Waals surface area (Å²) in [5.41, 5.74) is 0.495. The third kappa shape index (κ3) is 4.02. The molecule has 1 N–H and O–H groups in total. The minimum atomic E-state index is -3.62. The van der Waals surface area contributed by atoms with E-state index in [-0.39, 0.29) is 17.3 Å². The largest absolute Gasteiger partial charge is 0.494 e. The molecular weight excluding hydrogens is 299 g/mol. The summed E-state index contributed by atoms with van der Waals surface area (Å²) in [5, 5.41) is 3.44. The van der Waals surface area contributed by atoms with E-state index in [0.29, 0.717) is 5.56 Å². The summed E-state index contributed by atoms with van der Waals surface area (Å²) in [6.45, 7) is 1.62. The van der Waals surface area contributed by atoms with Crippen molar-refractivity contribution in [2.75, 3.05) is 7.11 Å². The van der Waals surface area contributed by atoms with Crippen molar-refractivity contribution < 1.29 is 22.1 Å². The van der Waals surface area contributed by atoms with Crippen LogP contribution in [0.2, 0.25) is 0 Å². The van der Waals surface area contributed by atoms with Gasteiger partial charge in [0.15, 0.2) is 17.3 Å². The van der Waals surface area contributed by atoms with Crippen molar-refractivity contribution >= 4 is 10.0 Å². The highest BCUT2D eigenvalue weighted by Gasteiger charge is 2.19. The lowest BCUT2D eigenvalue weighted by atomic mass is 10.1. The normalized spacial score (nSPS) is 13.1. The molecule has 2 rings (SSSR count). The zero-order chi connectivity index (χ0) is 15.5. The molecule has 0 aliphatic carbocycles. The fourth-order valence-corrected chi connectivity index (χ4v) is 3.12. The van der Waals surface area contributed by atoms with Crippen LogP contribution in [0.4, 0.5) is 4.39 Å². The zero-order valence-electron chi connectivity index (χ0n) is 11.5. The molecule has 1 heterocycles. The Morgan fingerprint density at radius 3 is 2.76 bits per heavy atom. The highest BCUT2D eigenvalue weighted by Crippen LogP contribution is 2.22. The lowest BCUT2D eigenvalue weighted by Crippen LogP contribution is -2.28. The molecule has 0 radical (unpaired) electrons. The average Bonchev–Trinajstić information content (AvgIpc) is 2.90. The number of nitrogens with one attached hydrogen (secondary N) is 1. The van der Waals surface area contributed by atoms with Gasteiger partial charge in [-0.15, -0.1) is 0 Å². The SMILES string of the molecule is COc1ccc(C(C)NS(=O)(=O)Cc2ccno2)cc1F. The molecule has 0 saturated carbocycles. The number of ether oxygens (including phenoxy) is 1. The first-order chi connectivity index (χ1) is 9.91. The van der Waals surface area contributed by atoms with Crippen molar-refractivity contribution in [1.29, 1.82) is 0 Å². The Morgan fingerprint density at radius 2 is 2.19 bits per heavy atom. The number of methoxy groups -OCH3 is 1. The van der Waals surface area contributed by atoms with Gasteiger partial charge in [0.25, 0.3) is 0 Å². The Balaban J connectivity index is 2.10. The molecule has 8 heteroatoms. The number of sulfonamides is 1. The molecule has 0 aliphatic rings. The maximum absolute atomic E-state index is 13.6. The second kappa shape index (κ2) is 6.23. The number of hydrogen-bond acceptors (Lipinski definition) is 5. The molecule has 0 aliphatic heterocycles. The Hall–Kier alpha value is -1.93. The van der Waals surface area contributed by atoms with E-state index in [1.807, 2.05) is 0 Å². The lowest BCUT2D eigenvalue weighted by molar-refractivity contribution is 0.385. The van der Waals surface area contributed by atoms with Crippen LogP contribution in [0.25, 0.3) is 0 Å². The van der Waals surface area contributed by atoms with Crippen LogP contribution in [0.5, 0.6) is 5.75 Å². The monoisotopic (exact) mass is 314 g/mol. The van der Waals surface area contributed by atoms with E-state index >= 15 is 0 Å². The van der Waals surface area contributed by atoms with Gasteiger partial charge in [-0.2, -0.15) is 0 Å². The molecule has 0 fully saturated rings. The molecule has 1 aromatic heterocycles. The summed E-state index contributed by atoms with van der Waals surface area (Å²) >= 11 is 0. The van der Waals surface area contributed by atoms with Crippen molar-refractivity contribution in [1.82, 2.24) is 9.88 Å². The molecule has 2 aromatic rings. The van der Waals surface area contributed by atoms with Gasteiger partial charge in [-0.1, -0.05) is 11.2 Å². The molecule has 0 saturated heterocycles. The van der Waals surface area contributed by atoms with E-state index < -0.39 is 21.9 Å². The van der Waals surface area contributed by atoms with Crippen LogP contribution < -0.4 is 9.46 Å². The van der Waals surface area contributed by atoms with Crippen LogP contribution in [-0.4, -0.2) is 20.7 Å². The van der Waals surface area contributed by atoms with E-state index in [1.54, 1.807) is 13.0 Å². The molecule has 1 aromatic carbocycles. The summed E-state index contributed by atoms with van der Waals surface area (Å²) in [6.07, 6.45) is 1.37. The van der Waals surface area contributed by atoms with Crippen molar-refractivity contribution in [3.05, 3.63) is 47.6 Å². The number of nitrogens with zero attached hydrogens (tertiary/aromatic N) is 1. The quantitative estimate of drug-likeness (QED) is 0.882. The molecule has 0 spiro atoms. The Bertz CT molecular complexity index is 701. The first kappa shape index (κ1) is 15.5. The summed E-state index contributed by atoms with van der Waals surface area (Å²) in [7, 11) is -2.26. The van der Waals surface area contributed by atoms with Crippen molar-refractivity contribution in [2.45, 2.75) is 18.7 Å². The van der Waals surface area contributed by atoms with Gasteiger partial charge in [-0.3, -0.25) is 0 Å². The zero-order valence-corrected chi connectivity index (χ0v) is 12.4. The molecule has 21 heavy (non-hydrogen) atoms. The minimum Gasteiger partial charge on any atom is -0.494 e. The molecule has 0 amide bonds. The van der Waals surface area contributed by atoms with Gasteiger partial charge in [-0.25, -0.2) is 17.5 Å². The van der Waals surface area contributed by atoms with E-state index in [4.69, 9.17) is 9.26 Å². The number of hydrogen-bond donors (Lipinski definition) is 1. The number of benzene rings is 1. The maximum Gasteiger partial charge on any atom is 0.219 e. The van der Waals surface area contributed by atoms with Crippen LogP contribution in [0.1, 0.15) is 24.3 Å². The smallest absolute Gasteiger partial charge is 0.219 e. The van der Waals surface area contributed by atoms with Crippen LogP contribution in [-0.2, 0) is 15.8 Å². The first-order valence-electron chi connectivity index (χ1n) is 6.14. The van der Waals surface area contributed by atoms with Gasteiger partial charge < -0.3 is 9.26 Å². The standard InChI is InChI=1S/C13H15FN2O4S/c1-9(10-3-4-13(19-2)12(14)7-10)16-21(17,18)8-11-5-6-15-20-11/h3-7,9,16H,8H2,1-2H3. The highest BCUT2D eigenvalue weighted by molar-refractivity contribution is 7.88. The van der Waals surface area contributed by atoms with Crippen molar-refractivity contribution in [3.63, 3.8) is 0 Å². The number of rotatable bonds is 6. The Labute approximate surface area is 122 Å². The lowest BCUT2D eigenvalue weighted by Gasteiger charge is -2.14. The third-order valence-corrected chi connectivity index (χ3v) is 4.23. The fraction of sp³-hybridized carbons (Fsp3) is 0.308. The average molecular weight is 314 g/mol.